The number of benzene rings is 1. The Hall–Kier alpha value is -1.46. The van der Waals surface area contributed by atoms with Crippen LogP contribution < -0.4 is 5.73 Å². The van der Waals surface area contributed by atoms with E-state index in [1.165, 1.54) is 12.8 Å². The summed E-state index contributed by atoms with van der Waals surface area (Å²) >= 11 is 0. The zero-order chi connectivity index (χ0) is 14.5. The van der Waals surface area contributed by atoms with Gasteiger partial charge in [-0.05, 0) is 44.2 Å². The smallest absolute Gasteiger partial charge is 0.269 e. The first-order valence-corrected chi connectivity index (χ1v) is 7.27. The third-order valence-corrected chi connectivity index (χ3v) is 4.15. The van der Waals surface area contributed by atoms with E-state index in [-0.39, 0.29) is 16.7 Å². The summed E-state index contributed by atoms with van der Waals surface area (Å²) in [6, 6.07) is 7.13. The van der Waals surface area contributed by atoms with Crippen molar-refractivity contribution in [2.75, 3.05) is 19.6 Å². The van der Waals surface area contributed by atoms with E-state index in [4.69, 9.17) is 5.73 Å². The molecular weight excluding hydrogens is 254 g/mol. The number of hydrogen-bond donors (Lipinski definition) is 1. The molecule has 0 aromatic heterocycles. The van der Waals surface area contributed by atoms with Crippen molar-refractivity contribution in [3.63, 3.8) is 0 Å². The molecule has 0 spiro atoms. The summed E-state index contributed by atoms with van der Waals surface area (Å²) in [5.41, 5.74) is 7.30. The fourth-order valence-electron chi connectivity index (χ4n) is 2.80. The molecule has 1 heterocycles. The number of non-ortho nitro benzene ring substituents is 1. The van der Waals surface area contributed by atoms with Crippen molar-refractivity contribution in [2.24, 2.45) is 11.7 Å². The minimum Gasteiger partial charge on any atom is -0.328 e. The monoisotopic (exact) mass is 277 g/mol. The Labute approximate surface area is 119 Å². The molecule has 2 atom stereocenters. The topological polar surface area (TPSA) is 72.4 Å². The van der Waals surface area contributed by atoms with Crippen LogP contribution in [0.4, 0.5) is 5.69 Å². The summed E-state index contributed by atoms with van der Waals surface area (Å²) in [5, 5.41) is 10.6. The van der Waals surface area contributed by atoms with Crippen LogP contribution in [0.25, 0.3) is 0 Å². The number of nitro groups is 1. The van der Waals surface area contributed by atoms with E-state index < -0.39 is 0 Å². The van der Waals surface area contributed by atoms with Crippen molar-refractivity contribution in [3.8, 4) is 0 Å². The van der Waals surface area contributed by atoms with Gasteiger partial charge in [-0.2, -0.15) is 0 Å². The molecule has 0 aliphatic carbocycles. The average molecular weight is 277 g/mol. The first kappa shape index (κ1) is 14.9. The molecule has 0 saturated carbocycles. The molecular formula is C15H23N3O2. The van der Waals surface area contributed by atoms with Gasteiger partial charge in [0.15, 0.2) is 0 Å². The van der Waals surface area contributed by atoms with Gasteiger partial charge in [0.1, 0.15) is 0 Å². The molecule has 1 saturated heterocycles. The van der Waals surface area contributed by atoms with Gasteiger partial charge in [0.05, 0.1) is 4.92 Å². The highest BCUT2D eigenvalue weighted by Gasteiger charge is 2.22. The molecule has 1 aliphatic heterocycles. The molecule has 0 amide bonds. The lowest BCUT2D eigenvalue weighted by atomic mass is 9.92. The third kappa shape index (κ3) is 4.02. The summed E-state index contributed by atoms with van der Waals surface area (Å²) in [6.07, 6.45) is 3.38. The molecule has 20 heavy (non-hydrogen) atoms. The highest BCUT2D eigenvalue weighted by atomic mass is 16.6. The molecule has 0 radical (unpaired) electrons. The van der Waals surface area contributed by atoms with Crippen LogP contribution in [0.2, 0.25) is 0 Å². The predicted molar refractivity (Wildman–Crippen MR) is 79.6 cm³/mol. The largest absolute Gasteiger partial charge is 0.328 e. The predicted octanol–water partition coefficient (Wildman–Crippen LogP) is 2.20. The quantitative estimate of drug-likeness (QED) is 0.661. The second-order valence-corrected chi connectivity index (χ2v) is 5.74. The first-order valence-electron chi connectivity index (χ1n) is 7.27. The summed E-state index contributed by atoms with van der Waals surface area (Å²) < 4.78 is 0. The van der Waals surface area contributed by atoms with E-state index in [0.717, 1.165) is 31.6 Å². The van der Waals surface area contributed by atoms with Gasteiger partial charge in [0.25, 0.3) is 5.69 Å². The van der Waals surface area contributed by atoms with Crippen LogP contribution in [0.1, 0.15) is 25.3 Å². The van der Waals surface area contributed by atoms with E-state index >= 15 is 0 Å². The molecule has 1 aromatic carbocycles. The van der Waals surface area contributed by atoms with Crippen LogP contribution >= 0.6 is 0 Å². The van der Waals surface area contributed by atoms with E-state index in [1.807, 2.05) is 12.1 Å². The number of nitrogens with two attached hydrogens (primary N) is 1. The van der Waals surface area contributed by atoms with Gasteiger partial charge < -0.3 is 10.6 Å². The van der Waals surface area contributed by atoms with E-state index in [1.54, 1.807) is 12.1 Å². The molecule has 0 bridgehead atoms. The Balaban J connectivity index is 1.84. The summed E-state index contributed by atoms with van der Waals surface area (Å²) in [6.45, 7) is 5.30. The van der Waals surface area contributed by atoms with Crippen LogP contribution in [0.15, 0.2) is 24.3 Å². The lowest BCUT2D eigenvalue weighted by Gasteiger charge is -2.34. The molecule has 1 fully saturated rings. The second kappa shape index (κ2) is 6.81. The molecule has 110 valence electrons. The minimum atomic E-state index is -0.359. The molecule has 1 aliphatic rings. The second-order valence-electron chi connectivity index (χ2n) is 5.74. The lowest BCUT2D eigenvalue weighted by molar-refractivity contribution is -0.384. The van der Waals surface area contributed by atoms with Crippen molar-refractivity contribution >= 4 is 5.69 Å². The number of piperidine rings is 1. The average Bonchev–Trinajstić information content (AvgIpc) is 2.46. The zero-order valence-electron chi connectivity index (χ0n) is 12.0. The molecule has 5 heteroatoms. The van der Waals surface area contributed by atoms with Crippen LogP contribution in [-0.4, -0.2) is 35.5 Å². The Bertz CT molecular complexity index is 445. The van der Waals surface area contributed by atoms with Crippen LogP contribution in [0.5, 0.6) is 0 Å². The van der Waals surface area contributed by atoms with Gasteiger partial charge in [-0.1, -0.05) is 12.1 Å². The maximum Gasteiger partial charge on any atom is 0.269 e. The van der Waals surface area contributed by atoms with Crippen LogP contribution in [0, 0.1) is 16.0 Å². The number of rotatable bonds is 5. The Morgan fingerprint density at radius 1 is 1.45 bits per heavy atom. The Morgan fingerprint density at radius 3 is 2.75 bits per heavy atom. The van der Waals surface area contributed by atoms with Crippen molar-refractivity contribution in [2.45, 2.75) is 32.2 Å². The summed E-state index contributed by atoms with van der Waals surface area (Å²) in [7, 11) is 0. The van der Waals surface area contributed by atoms with Crippen molar-refractivity contribution in [3.05, 3.63) is 39.9 Å². The van der Waals surface area contributed by atoms with E-state index in [0.29, 0.717) is 5.92 Å². The maximum absolute atomic E-state index is 10.6. The zero-order valence-corrected chi connectivity index (χ0v) is 12.0. The van der Waals surface area contributed by atoms with Gasteiger partial charge in [0.2, 0.25) is 0 Å². The van der Waals surface area contributed by atoms with Gasteiger partial charge in [-0.25, -0.2) is 0 Å². The molecule has 2 N–H and O–H groups in total. The van der Waals surface area contributed by atoms with E-state index in [9.17, 15) is 10.1 Å². The minimum absolute atomic E-state index is 0.156. The highest BCUT2D eigenvalue weighted by Crippen LogP contribution is 2.19. The Kier molecular flexibility index (Phi) is 5.09. The summed E-state index contributed by atoms with van der Waals surface area (Å²) in [4.78, 5) is 12.7. The number of likely N-dealkylation sites (tertiary alicyclic amines) is 1. The number of nitrogens with zero attached hydrogens (tertiary/aromatic N) is 2. The van der Waals surface area contributed by atoms with Crippen molar-refractivity contribution in [1.29, 1.82) is 0 Å². The third-order valence-electron chi connectivity index (χ3n) is 4.15. The fourth-order valence-corrected chi connectivity index (χ4v) is 2.80. The van der Waals surface area contributed by atoms with Crippen LogP contribution in [0.3, 0.4) is 0 Å². The fraction of sp³-hybridized carbons (Fsp3) is 0.600. The Morgan fingerprint density at radius 2 is 2.15 bits per heavy atom. The summed E-state index contributed by atoms with van der Waals surface area (Å²) in [5.74, 6) is 0.598. The number of nitro benzene ring substituents is 1. The standard InChI is InChI=1S/C15H23N3O2/c1-12(16)14-3-2-9-17(11-14)10-8-13-4-6-15(7-5-13)18(19)20/h4-7,12,14H,2-3,8-11,16H2,1H3. The molecule has 2 rings (SSSR count). The molecule has 2 unspecified atom stereocenters. The molecule has 5 nitrogen and oxygen atoms in total. The first-order chi connectivity index (χ1) is 9.56. The SMILES string of the molecule is CC(N)C1CCCN(CCc2ccc([N+](=O)[O-])cc2)C1. The van der Waals surface area contributed by atoms with Crippen LogP contribution in [-0.2, 0) is 6.42 Å². The van der Waals surface area contributed by atoms with Gasteiger partial charge in [-0.15, -0.1) is 0 Å². The van der Waals surface area contributed by atoms with Gasteiger partial charge in [-0.3, -0.25) is 10.1 Å². The highest BCUT2D eigenvalue weighted by molar-refractivity contribution is 5.32. The normalized spacial score (nSPS) is 21.6. The number of hydrogen-bond acceptors (Lipinski definition) is 4. The maximum atomic E-state index is 10.6. The van der Waals surface area contributed by atoms with Crippen molar-refractivity contribution in [1.82, 2.24) is 4.90 Å². The van der Waals surface area contributed by atoms with Crippen molar-refractivity contribution < 1.29 is 4.92 Å². The van der Waals surface area contributed by atoms with Gasteiger partial charge >= 0.3 is 0 Å². The molecule has 1 aromatic rings. The lowest BCUT2D eigenvalue weighted by Crippen LogP contribution is -2.43. The van der Waals surface area contributed by atoms with Gasteiger partial charge in [0, 0.05) is 31.3 Å². The van der Waals surface area contributed by atoms with E-state index in [2.05, 4.69) is 11.8 Å².